The Kier molecular flexibility index (Phi) is 1.41. The first kappa shape index (κ1) is 6.99. The monoisotopic (exact) mass is 164 g/mol. The number of nitrogens with one attached hydrogen (secondary N) is 2. The van der Waals surface area contributed by atoms with E-state index in [0.29, 0.717) is 17.8 Å². The van der Waals surface area contributed by atoms with Crippen LogP contribution in [0.15, 0.2) is 12.7 Å². The van der Waals surface area contributed by atoms with E-state index in [9.17, 15) is 0 Å². The van der Waals surface area contributed by atoms with Crippen LogP contribution in [0.4, 0.5) is 0 Å². The number of hydrogen-bond donors (Lipinski definition) is 3. The number of hydrogen-bond acceptors (Lipinski definition) is 4. The molecule has 0 spiro atoms. The molecule has 0 unspecified atom stereocenters. The van der Waals surface area contributed by atoms with Gasteiger partial charge in [0.2, 0.25) is 0 Å². The number of aromatic nitrogens is 4. The molecule has 2 rings (SSSR count). The van der Waals surface area contributed by atoms with Crippen molar-refractivity contribution >= 4 is 11.2 Å². The molecular formula is C6H8N6. The maximum atomic E-state index is 7.42. The van der Waals surface area contributed by atoms with Crippen LogP contribution in [0.25, 0.3) is 11.2 Å². The predicted octanol–water partition coefficient (Wildman–Crippen LogP) is -0.845. The smallest absolute Gasteiger partial charge is 0.173 e. The van der Waals surface area contributed by atoms with Crippen molar-refractivity contribution in [3.8, 4) is 0 Å². The van der Waals surface area contributed by atoms with Gasteiger partial charge in [-0.1, -0.05) is 0 Å². The van der Waals surface area contributed by atoms with E-state index in [-0.39, 0.29) is 5.49 Å². The highest BCUT2D eigenvalue weighted by atomic mass is 15.1. The van der Waals surface area contributed by atoms with Gasteiger partial charge in [-0.25, -0.2) is 9.97 Å². The maximum absolute atomic E-state index is 7.42. The second-order valence-corrected chi connectivity index (χ2v) is 2.35. The van der Waals surface area contributed by atoms with Crippen LogP contribution in [-0.4, -0.2) is 19.5 Å². The van der Waals surface area contributed by atoms with Gasteiger partial charge in [-0.05, 0) is 0 Å². The van der Waals surface area contributed by atoms with Gasteiger partial charge in [-0.15, -0.1) is 0 Å². The summed E-state index contributed by atoms with van der Waals surface area (Å²) in [6.45, 7) is 0.314. The van der Waals surface area contributed by atoms with E-state index < -0.39 is 0 Å². The van der Waals surface area contributed by atoms with Crippen LogP contribution in [0.2, 0.25) is 0 Å². The quantitative estimate of drug-likeness (QED) is 0.512. The number of imidazole rings is 1. The van der Waals surface area contributed by atoms with Gasteiger partial charge in [-0.2, -0.15) is 0 Å². The van der Waals surface area contributed by atoms with Crippen LogP contribution in [-0.2, 0) is 6.67 Å². The van der Waals surface area contributed by atoms with Gasteiger partial charge < -0.3 is 15.3 Å². The largest absolute Gasteiger partial charge is 0.340 e. The minimum absolute atomic E-state index is 0.187. The first-order valence-corrected chi connectivity index (χ1v) is 3.46. The molecule has 0 bridgehead atoms. The molecule has 0 saturated heterocycles. The molecule has 0 fully saturated rings. The van der Waals surface area contributed by atoms with Crippen molar-refractivity contribution in [1.82, 2.24) is 19.5 Å². The van der Waals surface area contributed by atoms with Gasteiger partial charge in [0.25, 0.3) is 0 Å². The van der Waals surface area contributed by atoms with Crippen LogP contribution >= 0.6 is 0 Å². The Morgan fingerprint density at radius 1 is 1.58 bits per heavy atom. The summed E-state index contributed by atoms with van der Waals surface area (Å²) in [6.07, 6.45) is 3.03. The van der Waals surface area contributed by atoms with Gasteiger partial charge in [0.05, 0.1) is 19.3 Å². The summed E-state index contributed by atoms with van der Waals surface area (Å²) in [7, 11) is 0. The van der Waals surface area contributed by atoms with E-state index >= 15 is 0 Å². The van der Waals surface area contributed by atoms with E-state index in [4.69, 9.17) is 11.1 Å². The summed E-state index contributed by atoms with van der Waals surface area (Å²) in [5.74, 6) is 0. The highest BCUT2D eigenvalue weighted by molar-refractivity contribution is 5.67. The van der Waals surface area contributed by atoms with Crippen molar-refractivity contribution in [3.63, 3.8) is 0 Å². The summed E-state index contributed by atoms with van der Waals surface area (Å²) in [5.41, 5.74) is 6.90. The summed E-state index contributed by atoms with van der Waals surface area (Å²) in [6, 6.07) is 0. The number of H-pyrrole nitrogens is 1. The van der Waals surface area contributed by atoms with Crippen molar-refractivity contribution < 1.29 is 0 Å². The molecule has 2 aromatic heterocycles. The van der Waals surface area contributed by atoms with Crippen LogP contribution < -0.4 is 11.2 Å². The lowest BCUT2D eigenvalue weighted by atomic mass is 10.5. The Bertz CT molecular complexity index is 452. The molecule has 0 aromatic carbocycles. The molecule has 0 amide bonds. The first-order chi connectivity index (χ1) is 5.83. The van der Waals surface area contributed by atoms with E-state index in [1.165, 1.54) is 12.7 Å². The summed E-state index contributed by atoms with van der Waals surface area (Å²) in [4.78, 5) is 10.7. The van der Waals surface area contributed by atoms with E-state index in [1.54, 1.807) is 4.57 Å². The minimum atomic E-state index is 0.187. The molecule has 0 aliphatic rings. The van der Waals surface area contributed by atoms with Crippen molar-refractivity contribution in [1.29, 1.82) is 5.41 Å². The Morgan fingerprint density at radius 2 is 2.42 bits per heavy atom. The predicted molar refractivity (Wildman–Crippen MR) is 41.9 cm³/mol. The molecule has 0 radical (unpaired) electrons. The van der Waals surface area contributed by atoms with Crippen LogP contribution in [0.3, 0.4) is 0 Å². The lowest BCUT2D eigenvalue weighted by molar-refractivity contribution is 0.725. The summed E-state index contributed by atoms with van der Waals surface area (Å²) in [5, 5.41) is 7.42. The number of rotatable bonds is 1. The van der Waals surface area contributed by atoms with Crippen molar-refractivity contribution in [2.24, 2.45) is 5.73 Å². The third-order valence-electron chi connectivity index (χ3n) is 1.65. The van der Waals surface area contributed by atoms with E-state index in [2.05, 4.69) is 15.0 Å². The zero-order chi connectivity index (χ0) is 8.55. The van der Waals surface area contributed by atoms with Crippen molar-refractivity contribution in [2.45, 2.75) is 6.67 Å². The maximum Gasteiger partial charge on any atom is 0.173 e. The van der Waals surface area contributed by atoms with E-state index in [0.717, 1.165) is 0 Å². The minimum Gasteiger partial charge on any atom is -0.340 e. The fraction of sp³-hybridized carbons (Fsp3) is 0.167. The summed E-state index contributed by atoms with van der Waals surface area (Å²) < 4.78 is 1.67. The molecule has 62 valence electrons. The van der Waals surface area contributed by atoms with Crippen LogP contribution in [0.1, 0.15) is 0 Å². The highest BCUT2D eigenvalue weighted by Crippen LogP contribution is 1.99. The molecule has 12 heavy (non-hydrogen) atoms. The Hall–Kier alpha value is -1.69. The fourth-order valence-corrected chi connectivity index (χ4v) is 1.06. The molecule has 0 atom stereocenters. The zero-order valence-electron chi connectivity index (χ0n) is 6.28. The zero-order valence-corrected chi connectivity index (χ0v) is 6.28. The standard InChI is InChI=1S/C6H8N6/c7-1-12-3-11-5(8)4-6(12)10-2-9-4/h2-3,8H,1,7H2,(H,9,10). The lowest BCUT2D eigenvalue weighted by Gasteiger charge is -2.00. The first-order valence-electron chi connectivity index (χ1n) is 3.46. The van der Waals surface area contributed by atoms with Crippen molar-refractivity contribution in [3.05, 3.63) is 18.1 Å². The van der Waals surface area contributed by atoms with Crippen LogP contribution in [0.5, 0.6) is 0 Å². The highest BCUT2D eigenvalue weighted by Gasteiger charge is 2.01. The number of nitrogens with two attached hydrogens (primary N) is 1. The third kappa shape index (κ3) is 0.817. The Morgan fingerprint density at radius 3 is 3.17 bits per heavy atom. The number of fused-ring (bicyclic) bond motifs is 1. The normalized spacial score (nSPS) is 10.8. The van der Waals surface area contributed by atoms with Gasteiger partial charge in [0, 0.05) is 0 Å². The van der Waals surface area contributed by atoms with E-state index in [1.807, 2.05) is 0 Å². The van der Waals surface area contributed by atoms with Gasteiger partial charge >= 0.3 is 0 Å². The molecule has 0 saturated carbocycles. The summed E-state index contributed by atoms with van der Waals surface area (Å²) >= 11 is 0. The van der Waals surface area contributed by atoms with Gasteiger partial charge in [0.15, 0.2) is 11.1 Å². The second kappa shape index (κ2) is 2.42. The van der Waals surface area contributed by atoms with Gasteiger partial charge in [-0.3, -0.25) is 5.41 Å². The molecule has 2 heterocycles. The van der Waals surface area contributed by atoms with Crippen LogP contribution in [0, 0.1) is 5.41 Å². The lowest BCUT2D eigenvalue weighted by Crippen LogP contribution is -2.15. The average molecular weight is 164 g/mol. The van der Waals surface area contributed by atoms with Crippen molar-refractivity contribution in [2.75, 3.05) is 0 Å². The molecule has 6 nitrogen and oxygen atoms in total. The number of aromatic amines is 1. The number of nitrogens with zero attached hydrogens (tertiary/aromatic N) is 3. The Labute approximate surface area is 67.6 Å². The molecule has 0 aliphatic carbocycles. The average Bonchev–Trinajstić information content (AvgIpc) is 2.54. The molecule has 0 aliphatic heterocycles. The topological polar surface area (TPSA) is 96.4 Å². The second-order valence-electron chi connectivity index (χ2n) is 2.35. The fourth-order valence-electron chi connectivity index (χ4n) is 1.06. The molecule has 6 heteroatoms. The molecule has 2 aromatic rings. The molecule has 4 N–H and O–H groups in total. The molecular weight excluding hydrogens is 156 g/mol. The SMILES string of the molecule is N=c1ncn(CN)c2nc[nH]c12. The third-order valence-corrected chi connectivity index (χ3v) is 1.65. The Balaban J connectivity index is 2.92. The van der Waals surface area contributed by atoms with Gasteiger partial charge in [0.1, 0.15) is 5.52 Å².